The van der Waals surface area contributed by atoms with Crippen molar-refractivity contribution >= 4 is 26.6 Å². The molecule has 1 aromatic heterocycles. The first kappa shape index (κ1) is 23.4. The Bertz CT molecular complexity index is 1230. The minimum absolute atomic E-state index is 0.114. The van der Waals surface area contributed by atoms with Crippen molar-refractivity contribution in [3.8, 4) is 0 Å². The van der Waals surface area contributed by atoms with Crippen LogP contribution in [-0.4, -0.2) is 61.7 Å². The number of carbonyl (C=O) groups is 1. The maximum Gasteiger partial charge on any atom is 0.253 e. The highest BCUT2D eigenvalue weighted by Gasteiger charge is 2.33. The highest BCUT2D eigenvalue weighted by Crippen LogP contribution is 2.27. The van der Waals surface area contributed by atoms with Gasteiger partial charge in [-0.15, -0.1) is 0 Å². The molecule has 1 saturated heterocycles. The number of piperidine rings is 1. The fraction of sp³-hybridized carbons (Fsp3) is 0.360. The zero-order chi connectivity index (χ0) is 23.5. The molecule has 1 aliphatic rings. The predicted molar refractivity (Wildman–Crippen MR) is 126 cm³/mol. The smallest absolute Gasteiger partial charge is 0.253 e. The molecule has 1 amide bonds. The molecule has 3 aromatic rings. The van der Waals surface area contributed by atoms with Gasteiger partial charge in [0.05, 0.1) is 21.8 Å². The van der Waals surface area contributed by atoms with Gasteiger partial charge in [0.15, 0.2) is 9.84 Å². The maximum atomic E-state index is 13.1. The standard InChI is InChI=1S/C25H28N2O5S/c1-32-17-13-25(29)11-15-27(16-12-25)24(28)21-9-7-19(8-10-21)18-33(30,31)22-6-2-4-20-5-3-14-26-23(20)22/h2-10,14,29H,11-13,15-18H2,1H3. The lowest BCUT2D eigenvalue weighted by atomic mass is 9.88. The van der Waals surface area contributed by atoms with Crippen LogP contribution in [0.1, 0.15) is 35.2 Å². The number of hydrogen-bond donors (Lipinski definition) is 1. The van der Waals surface area contributed by atoms with Gasteiger partial charge in [-0.1, -0.05) is 30.3 Å². The van der Waals surface area contributed by atoms with Crippen LogP contribution in [0.3, 0.4) is 0 Å². The lowest BCUT2D eigenvalue weighted by molar-refractivity contribution is -0.0365. The number of rotatable bonds is 7. The molecule has 2 aromatic carbocycles. The van der Waals surface area contributed by atoms with Gasteiger partial charge in [0.1, 0.15) is 0 Å². The number of likely N-dealkylation sites (tertiary alicyclic amines) is 1. The van der Waals surface area contributed by atoms with E-state index in [-0.39, 0.29) is 16.6 Å². The summed E-state index contributed by atoms with van der Waals surface area (Å²) in [7, 11) is -2.00. The number of pyridine rings is 1. The molecule has 1 fully saturated rings. The second kappa shape index (κ2) is 9.59. The Morgan fingerprint density at radius 1 is 1.09 bits per heavy atom. The number of carbonyl (C=O) groups excluding carboxylic acids is 1. The summed E-state index contributed by atoms with van der Waals surface area (Å²) in [6.45, 7) is 1.44. The number of fused-ring (bicyclic) bond motifs is 1. The van der Waals surface area contributed by atoms with Gasteiger partial charge in [0.2, 0.25) is 0 Å². The lowest BCUT2D eigenvalue weighted by Crippen LogP contribution is -2.47. The number of para-hydroxylation sites is 1. The summed E-state index contributed by atoms with van der Waals surface area (Å²) < 4.78 is 31.2. The first-order valence-corrected chi connectivity index (χ1v) is 12.6. The molecule has 0 aliphatic carbocycles. The normalized spacial score (nSPS) is 16.1. The Kier molecular flexibility index (Phi) is 6.78. The first-order valence-electron chi connectivity index (χ1n) is 11.0. The molecule has 1 aliphatic heterocycles. The Hall–Kier alpha value is -2.81. The number of sulfone groups is 1. The monoisotopic (exact) mass is 468 g/mol. The zero-order valence-corrected chi connectivity index (χ0v) is 19.4. The predicted octanol–water partition coefficient (Wildman–Crippen LogP) is 3.21. The van der Waals surface area contributed by atoms with Crippen molar-refractivity contribution in [2.75, 3.05) is 26.8 Å². The molecule has 7 nitrogen and oxygen atoms in total. The van der Waals surface area contributed by atoms with E-state index >= 15 is 0 Å². The molecule has 0 radical (unpaired) electrons. The molecule has 4 rings (SSSR count). The number of aromatic nitrogens is 1. The van der Waals surface area contributed by atoms with Crippen LogP contribution in [-0.2, 0) is 20.3 Å². The Morgan fingerprint density at radius 2 is 1.79 bits per heavy atom. The molecular weight excluding hydrogens is 440 g/mol. The van der Waals surface area contributed by atoms with E-state index in [1.165, 1.54) is 0 Å². The molecule has 8 heteroatoms. The topological polar surface area (TPSA) is 96.8 Å². The summed E-state index contributed by atoms with van der Waals surface area (Å²) in [6.07, 6.45) is 3.16. The van der Waals surface area contributed by atoms with Crippen molar-refractivity contribution < 1.29 is 23.1 Å². The van der Waals surface area contributed by atoms with Crippen LogP contribution in [0, 0.1) is 0 Å². The minimum Gasteiger partial charge on any atom is -0.390 e. The minimum atomic E-state index is -3.61. The van der Waals surface area contributed by atoms with Crippen LogP contribution < -0.4 is 0 Å². The number of benzene rings is 2. The van der Waals surface area contributed by atoms with Gasteiger partial charge in [-0.2, -0.15) is 0 Å². The van der Waals surface area contributed by atoms with E-state index in [1.807, 2.05) is 12.1 Å². The van der Waals surface area contributed by atoms with E-state index in [9.17, 15) is 18.3 Å². The third-order valence-corrected chi connectivity index (χ3v) is 7.95. The Morgan fingerprint density at radius 3 is 2.48 bits per heavy atom. The second-order valence-corrected chi connectivity index (χ2v) is 10.5. The van der Waals surface area contributed by atoms with Crippen molar-refractivity contribution in [2.45, 2.75) is 35.5 Å². The van der Waals surface area contributed by atoms with E-state index in [4.69, 9.17) is 4.74 Å². The molecule has 174 valence electrons. The summed E-state index contributed by atoms with van der Waals surface area (Å²) >= 11 is 0. The van der Waals surface area contributed by atoms with Crippen molar-refractivity contribution in [2.24, 2.45) is 0 Å². The van der Waals surface area contributed by atoms with E-state index in [0.717, 1.165) is 5.39 Å². The van der Waals surface area contributed by atoms with Gasteiger partial charge >= 0.3 is 0 Å². The average molecular weight is 469 g/mol. The Balaban J connectivity index is 1.44. The van der Waals surface area contributed by atoms with Gasteiger partial charge in [-0.3, -0.25) is 9.78 Å². The highest BCUT2D eigenvalue weighted by atomic mass is 32.2. The lowest BCUT2D eigenvalue weighted by Gasteiger charge is -2.38. The molecule has 0 saturated carbocycles. The van der Waals surface area contributed by atoms with Gasteiger partial charge in [-0.25, -0.2) is 8.42 Å². The summed E-state index contributed by atoms with van der Waals surface area (Å²) in [4.78, 5) is 19.1. The SMILES string of the molecule is COCCC1(O)CCN(C(=O)c2ccc(CS(=O)(=O)c3cccc4cccnc34)cc2)CC1. The summed E-state index contributed by atoms with van der Waals surface area (Å²) in [5.41, 5.74) is 0.779. The Labute approximate surface area is 193 Å². The zero-order valence-electron chi connectivity index (χ0n) is 18.6. The first-order chi connectivity index (χ1) is 15.8. The third-order valence-electron chi connectivity index (χ3n) is 6.24. The molecule has 1 N–H and O–H groups in total. The summed E-state index contributed by atoms with van der Waals surface area (Å²) in [6, 6.07) is 15.4. The molecule has 33 heavy (non-hydrogen) atoms. The van der Waals surface area contributed by atoms with Gasteiger partial charge < -0.3 is 14.7 Å². The fourth-order valence-electron chi connectivity index (χ4n) is 4.22. The van der Waals surface area contributed by atoms with E-state index in [1.54, 1.807) is 60.7 Å². The van der Waals surface area contributed by atoms with Crippen molar-refractivity contribution in [3.05, 3.63) is 71.9 Å². The number of nitrogens with zero attached hydrogens (tertiary/aromatic N) is 2. The van der Waals surface area contributed by atoms with E-state index < -0.39 is 15.4 Å². The summed E-state index contributed by atoms with van der Waals surface area (Å²) in [5, 5.41) is 11.4. The van der Waals surface area contributed by atoms with Crippen LogP contribution >= 0.6 is 0 Å². The maximum absolute atomic E-state index is 13.1. The van der Waals surface area contributed by atoms with Gasteiger partial charge in [-0.05, 0) is 49.1 Å². The average Bonchev–Trinajstić information content (AvgIpc) is 2.83. The van der Waals surface area contributed by atoms with Crippen LogP contribution in [0.25, 0.3) is 10.9 Å². The molecule has 0 spiro atoms. The summed E-state index contributed by atoms with van der Waals surface area (Å²) in [5.74, 6) is -0.288. The van der Waals surface area contributed by atoms with Crippen LogP contribution in [0.15, 0.2) is 65.7 Å². The fourth-order valence-corrected chi connectivity index (χ4v) is 5.76. The molecule has 0 unspecified atom stereocenters. The number of aliphatic hydroxyl groups is 1. The molecular formula is C25H28N2O5S. The van der Waals surface area contributed by atoms with Gasteiger partial charge in [0.25, 0.3) is 5.91 Å². The van der Waals surface area contributed by atoms with Crippen LogP contribution in [0.2, 0.25) is 0 Å². The van der Waals surface area contributed by atoms with Crippen molar-refractivity contribution in [1.82, 2.24) is 9.88 Å². The largest absolute Gasteiger partial charge is 0.390 e. The molecule has 0 atom stereocenters. The van der Waals surface area contributed by atoms with E-state index in [0.29, 0.717) is 55.6 Å². The number of amides is 1. The number of methoxy groups -OCH3 is 1. The third kappa shape index (κ3) is 5.24. The van der Waals surface area contributed by atoms with Crippen molar-refractivity contribution in [1.29, 1.82) is 0 Å². The van der Waals surface area contributed by atoms with E-state index in [2.05, 4.69) is 4.98 Å². The molecule has 2 heterocycles. The quantitative estimate of drug-likeness (QED) is 0.572. The molecule has 0 bridgehead atoms. The van der Waals surface area contributed by atoms with Gasteiger partial charge in [0, 0.05) is 44.0 Å². The van der Waals surface area contributed by atoms with Crippen molar-refractivity contribution in [3.63, 3.8) is 0 Å². The number of ether oxygens (including phenoxy) is 1. The van der Waals surface area contributed by atoms with Crippen LogP contribution in [0.5, 0.6) is 0 Å². The second-order valence-electron chi connectivity index (χ2n) is 8.55. The highest BCUT2D eigenvalue weighted by molar-refractivity contribution is 7.90. The number of hydrogen-bond acceptors (Lipinski definition) is 6. The van der Waals surface area contributed by atoms with Crippen LogP contribution in [0.4, 0.5) is 0 Å².